The number of rotatable bonds is 6. The molecule has 9 nitrogen and oxygen atoms in total. The SMILES string of the molecule is NC(=O)C(Cc1c[nH]c2ccccc12)NC(=O)C1CNCCN1C(=O)C1CCNCC1. The molecule has 3 amide bonds. The standard InChI is InChI=1S/C22H30N6O3/c23-20(29)18(11-15-12-26-17-4-2-1-3-16(15)17)27-21(30)19-13-25-9-10-28(19)22(31)14-5-7-24-8-6-14/h1-4,12,14,18-19,24-26H,5-11,13H2,(H2,23,29)(H,27,30). The lowest BCUT2D eigenvalue weighted by Crippen LogP contribution is -2.62. The molecule has 31 heavy (non-hydrogen) atoms. The number of hydrogen-bond donors (Lipinski definition) is 5. The number of nitrogens with two attached hydrogens (primary N) is 1. The van der Waals surface area contributed by atoms with E-state index < -0.39 is 18.0 Å². The molecule has 0 radical (unpaired) electrons. The molecule has 0 spiro atoms. The van der Waals surface area contributed by atoms with Crippen LogP contribution in [0, 0.1) is 5.92 Å². The number of aromatic nitrogens is 1. The van der Waals surface area contributed by atoms with E-state index in [1.54, 1.807) is 4.90 Å². The Hall–Kier alpha value is -2.91. The lowest BCUT2D eigenvalue weighted by atomic mass is 9.95. The van der Waals surface area contributed by atoms with Crippen LogP contribution in [0.5, 0.6) is 0 Å². The zero-order chi connectivity index (χ0) is 21.8. The Bertz CT molecular complexity index is 952. The summed E-state index contributed by atoms with van der Waals surface area (Å²) in [5.74, 6) is -0.986. The molecule has 4 rings (SSSR count). The fraction of sp³-hybridized carbons (Fsp3) is 0.500. The predicted octanol–water partition coefficient (Wildman–Crippen LogP) is -0.519. The summed E-state index contributed by atoms with van der Waals surface area (Å²) in [6.45, 7) is 3.11. The van der Waals surface area contributed by atoms with Crippen molar-refractivity contribution in [3.63, 3.8) is 0 Å². The number of amides is 3. The Morgan fingerprint density at radius 1 is 1.13 bits per heavy atom. The van der Waals surface area contributed by atoms with Gasteiger partial charge in [-0.25, -0.2) is 0 Å². The molecule has 2 unspecified atom stereocenters. The second-order valence-corrected chi connectivity index (χ2v) is 8.30. The van der Waals surface area contributed by atoms with Crippen molar-refractivity contribution < 1.29 is 14.4 Å². The van der Waals surface area contributed by atoms with Gasteiger partial charge in [-0.15, -0.1) is 0 Å². The number of para-hydroxylation sites is 1. The molecule has 0 saturated carbocycles. The van der Waals surface area contributed by atoms with Crippen molar-refractivity contribution in [2.75, 3.05) is 32.7 Å². The van der Waals surface area contributed by atoms with Gasteiger partial charge < -0.3 is 31.6 Å². The molecule has 166 valence electrons. The summed E-state index contributed by atoms with van der Waals surface area (Å²) < 4.78 is 0. The first-order valence-electron chi connectivity index (χ1n) is 10.9. The number of H-pyrrole nitrogens is 1. The van der Waals surface area contributed by atoms with E-state index in [-0.39, 0.29) is 24.2 Å². The minimum atomic E-state index is -0.857. The summed E-state index contributed by atoms with van der Waals surface area (Å²) in [5.41, 5.74) is 7.49. The second kappa shape index (κ2) is 9.49. The van der Waals surface area contributed by atoms with E-state index >= 15 is 0 Å². The summed E-state index contributed by atoms with van der Waals surface area (Å²) in [4.78, 5) is 43.2. The zero-order valence-corrected chi connectivity index (χ0v) is 17.5. The van der Waals surface area contributed by atoms with Gasteiger partial charge in [0.05, 0.1) is 0 Å². The van der Waals surface area contributed by atoms with Gasteiger partial charge in [-0.2, -0.15) is 0 Å². The number of piperidine rings is 1. The molecule has 6 N–H and O–H groups in total. The largest absolute Gasteiger partial charge is 0.368 e. The summed E-state index contributed by atoms with van der Waals surface area (Å²) in [6, 6.07) is 6.26. The van der Waals surface area contributed by atoms with Gasteiger partial charge in [0.15, 0.2) is 0 Å². The third-order valence-electron chi connectivity index (χ3n) is 6.28. The molecule has 2 atom stereocenters. The lowest BCUT2D eigenvalue weighted by Gasteiger charge is -2.38. The number of benzene rings is 1. The molecule has 2 aliphatic heterocycles. The summed E-state index contributed by atoms with van der Waals surface area (Å²) in [6.07, 6.45) is 3.68. The zero-order valence-electron chi connectivity index (χ0n) is 17.5. The second-order valence-electron chi connectivity index (χ2n) is 8.30. The summed E-state index contributed by atoms with van der Waals surface area (Å²) >= 11 is 0. The molecule has 2 fully saturated rings. The van der Waals surface area contributed by atoms with Crippen molar-refractivity contribution in [1.29, 1.82) is 0 Å². The van der Waals surface area contributed by atoms with Gasteiger partial charge in [-0.05, 0) is 37.6 Å². The topological polar surface area (TPSA) is 132 Å². The number of piperazine rings is 1. The number of fused-ring (bicyclic) bond motifs is 1. The van der Waals surface area contributed by atoms with Crippen LogP contribution in [0.4, 0.5) is 0 Å². The van der Waals surface area contributed by atoms with Crippen LogP contribution in [0.1, 0.15) is 18.4 Å². The van der Waals surface area contributed by atoms with Crippen LogP contribution in [-0.2, 0) is 20.8 Å². The minimum Gasteiger partial charge on any atom is -0.368 e. The van der Waals surface area contributed by atoms with Gasteiger partial charge in [0.1, 0.15) is 12.1 Å². The van der Waals surface area contributed by atoms with Gasteiger partial charge in [0.25, 0.3) is 0 Å². The van der Waals surface area contributed by atoms with Gasteiger partial charge >= 0.3 is 0 Å². The maximum atomic E-state index is 13.1. The first-order valence-corrected chi connectivity index (χ1v) is 10.9. The van der Waals surface area contributed by atoms with E-state index in [2.05, 4.69) is 20.9 Å². The van der Waals surface area contributed by atoms with Gasteiger partial charge in [-0.3, -0.25) is 14.4 Å². The van der Waals surface area contributed by atoms with Crippen molar-refractivity contribution in [1.82, 2.24) is 25.8 Å². The number of nitrogens with zero attached hydrogens (tertiary/aromatic N) is 1. The molecule has 2 aromatic rings. The molecular formula is C22H30N6O3. The van der Waals surface area contributed by atoms with Gasteiger partial charge in [-0.1, -0.05) is 18.2 Å². The van der Waals surface area contributed by atoms with E-state index in [0.717, 1.165) is 42.4 Å². The van der Waals surface area contributed by atoms with Crippen molar-refractivity contribution in [2.24, 2.45) is 11.7 Å². The van der Waals surface area contributed by atoms with Crippen molar-refractivity contribution in [3.05, 3.63) is 36.0 Å². The van der Waals surface area contributed by atoms with Gasteiger partial charge in [0.2, 0.25) is 17.7 Å². The molecule has 0 bridgehead atoms. The Morgan fingerprint density at radius 2 is 1.90 bits per heavy atom. The number of hydrogen-bond acceptors (Lipinski definition) is 5. The monoisotopic (exact) mass is 426 g/mol. The van der Waals surface area contributed by atoms with Crippen molar-refractivity contribution in [3.8, 4) is 0 Å². The van der Waals surface area contributed by atoms with Crippen LogP contribution in [-0.4, -0.2) is 72.4 Å². The van der Waals surface area contributed by atoms with E-state index in [4.69, 9.17) is 5.73 Å². The average Bonchev–Trinajstić information content (AvgIpc) is 3.21. The van der Waals surface area contributed by atoms with Crippen molar-refractivity contribution >= 4 is 28.6 Å². The lowest BCUT2D eigenvalue weighted by molar-refractivity contribution is -0.145. The third kappa shape index (κ3) is 4.72. The number of nitrogens with one attached hydrogen (secondary N) is 4. The maximum Gasteiger partial charge on any atom is 0.244 e. The number of primary amides is 1. The molecule has 3 heterocycles. The highest BCUT2D eigenvalue weighted by atomic mass is 16.2. The van der Waals surface area contributed by atoms with Crippen LogP contribution in [0.3, 0.4) is 0 Å². The highest BCUT2D eigenvalue weighted by molar-refractivity contribution is 5.93. The quantitative estimate of drug-likeness (QED) is 0.424. The summed E-state index contributed by atoms with van der Waals surface area (Å²) in [7, 11) is 0. The molecular weight excluding hydrogens is 396 g/mol. The molecule has 9 heteroatoms. The van der Waals surface area contributed by atoms with E-state index in [9.17, 15) is 14.4 Å². The first kappa shape index (κ1) is 21.3. The smallest absolute Gasteiger partial charge is 0.244 e. The Balaban J connectivity index is 1.46. The normalized spacial score (nSPS) is 21.0. The maximum absolute atomic E-state index is 13.1. The molecule has 1 aromatic heterocycles. The fourth-order valence-electron chi connectivity index (χ4n) is 4.52. The molecule has 1 aromatic carbocycles. The van der Waals surface area contributed by atoms with Crippen LogP contribution < -0.4 is 21.7 Å². The van der Waals surface area contributed by atoms with Crippen LogP contribution in [0.15, 0.2) is 30.5 Å². The third-order valence-corrected chi connectivity index (χ3v) is 6.28. The van der Waals surface area contributed by atoms with Gasteiger partial charge in [0, 0.05) is 49.1 Å². The number of aromatic amines is 1. The van der Waals surface area contributed by atoms with Crippen molar-refractivity contribution in [2.45, 2.75) is 31.3 Å². The Morgan fingerprint density at radius 3 is 2.68 bits per heavy atom. The van der Waals surface area contributed by atoms with Crippen LogP contribution in [0.25, 0.3) is 10.9 Å². The molecule has 2 aliphatic rings. The number of carbonyl (C=O) groups is 3. The van der Waals surface area contributed by atoms with E-state index in [0.29, 0.717) is 19.6 Å². The highest BCUT2D eigenvalue weighted by Crippen LogP contribution is 2.20. The van der Waals surface area contributed by atoms with Crippen LogP contribution in [0.2, 0.25) is 0 Å². The van der Waals surface area contributed by atoms with E-state index in [1.807, 2.05) is 30.5 Å². The Labute approximate surface area is 181 Å². The minimum absolute atomic E-state index is 0.0235. The molecule has 2 saturated heterocycles. The highest BCUT2D eigenvalue weighted by Gasteiger charge is 2.37. The summed E-state index contributed by atoms with van der Waals surface area (Å²) in [5, 5.41) is 10.2. The van der Waals surface area contributed by atoms with Crippen LogP contribution >= 0.6 is 0 Å². The predicted molar refractivity (Wildman–Crippen MR) is 117 cm³/mol. The average molecular weight is 427 g/mol. The Kier molecular flexibility index (Phi) is 6.53. The fourth-order valence-corrected chi connectivity index (χ4v) is 4.52. The first-order chi connectivity index (χ1) is 15.0. The number of carbonyl (C=O) groups excluding carboxylic acids is 3. The van der Waals surface area contributed by atoms with E-state index in [1.165, 1.54) is 0 Å². The molecule has 0 aliphatic carbocycles.